The van der Waals surface area contributed by atoms with Crippen molar-refractivity contribution in [3.63, 3.8) is 0 Å². The molecule has 8 heteroatoms. The van der Waals surface area contributed by atoms with Crippen molar-refractivity contribution in [3.8, 4) is 0 Å². The van der Waals surface area contributed by atoms with Gasteiger partial charge < -0.3 is 5.32 Å². The van der Waals surface area contributed by atoms with Crippen molar-refractivity contribution in [3.05, 3.63) is 59.4 Å². The molecule has 1 amide bonds. The Bertz CT molecular complexity index is 912. The fourth-order valence-corrected chi connectivity index (χ4v) is 3.25. The third-order valence-electron chi connectivity index (χ3n) is 3.86. The average Bonchev–Trinajstić information content (AvgIpc) is 2.54. The Morgan fingerprint density at radius 2 is 1.92 bits per heavy atom. The summed E-state index contributed by atoms with van der Waals surface area (Å²) in [5.41, 5.74) is 0.0917. The van der Waals surface area contributed by atoms with Crippen LogP contribution in [0, 0.1) is 6.92 Å². The number of pyridine rings is 1. The molecule has 0 aliphatic heterocycles. The van der Waals surface area contributed by atoms with Crippen molar-refractivity contribution in [1.82, 2.24) is 4.98 Å². The molecule has 0 spiro atoms. The molecule has 2 aromatic rings. The van der Waals surface area contributed by atoms with E-state index in [-0.39, 0.29) is 17.0 Å². The second kappa shape index (κ2) is 7.49. The predicted octanol–water partition coefficient (Wildman–Crippen LogP) is 3.44. The summed E-state index contributed by atoms with van der Waals surface area (Å²) < 4.78 is 52.8. The van der Waals surface area contributed by atoms with Gasteiger partial charge in [-0.1, -0.05) is 18.2 Å². The highest BCUT2D eigenvalue weighted by atomic mass is 32.2. The molecule has 1 aromatic heterocycles. The van der Waals surface area contributed by atoms with Crippen LogP contribution in [0.4, 0.5) is 14.5 Å². The fraction of sp³-hybridized carbons (Fsp3) is 0.333. The number of nitrogens with zero attached hydrogens (tertiary/aromatic N) is 1. The maximum atomic E-state index is 14.4. The van der Waals surface area contributed by atoms with E-state index < -0.39 is 32.6 Å². The summed E-state index contributed by atoms with van der Waals surface area (Å²) in [4.78, 5) is 15.7. The maximum absolute atomic E-state index is 14.4. The summed E-state index contributed by atoms with van der Waals surface area (Å²) in [7, 11) is -3.34. The van der Waals surface area contributed by atoms with E-state index in [1.165, 1.54) is 43.5 Å². The predicted molar refractivity (Wildman–Crippen MR) is 95.7 cm³/mol. The Kier molecular flexibility index (Phi) is 5.75. The number of aromatic nitrogens is 1. The molecule has 1 aromatic carbocycles. The monoisotopic (exact) mass is 382 g/mol. The van der Waals surface area contributed by atoms with E-state index in [0.717, 1.165) is 0 Å². The van der Waals surface area contributed by atoms with Crippen LogP contribution < -0.4 is 5.32 Å². The zero-order valence-corrected chi connectivity index (χ0v) is 15.5. The molecule has 0 unspecified atom stereocenters. The lowest BCUT2D eigenvalue weighted by atomic mass is 10.1. The summed E-state index contributed by atoms with van der Waals surface area (Å²) in [6.45, 7) is 4.58. The Morgan fingerprint density at radius 1 is 1.23 bits per heavy atom. The van der Waals surface area contributed by atoms with E-state index >= 15 is 0 Å². The summed E-state index contributed by atoms with van der Waals surface area (Å²) in [6.07, 6.45) is 1.20. The first-order valence-corrected chi connectivity index (χ1v) is 9.67. The molecule has 0 atom stereocenters. The third-order valence-corrected chi connectivity index (χ3v) is 6.04. The molecule has 0 fully saturated rings. The number of hydrogen-bond donors (Lipinski definition) is 1. The molecule has 0 radical (unpaired) electrons. The molecular formula is C18H20F2N2O3S. The average molecular weight is 382 g/mol. The molecule has 1 N–H and O–H groups in total. The zero-order chi connectivity index (χ0) is 19.5. The van der Waals surface area contributed by atoms with Crippen LogP contribution in [0.1, 0.15) is 30.7 Å². The molecule has 5 nitrogen and oxygen atoms in total. The molecular weight excluding hydrogens is 362 g/mol. The van der Waals surface area contributed by atoms with Crippen LogP contribution in [0.5, 0.6) is 0 Å². The standard InChI is InChI=1S/C18H20F2N2O3S/c1-12(2)26(24,25)11-14-7-4-8-15(10-14)22-17(23)18(19,20)16-13(3)6-5-9-21-16/h4-10,12H,11H2,1-3H3,(H,22,23). The van der Waals surface area contributed by atoms with Crippen LogP contribution in [0.3, 0.4) is 0 Å². The van der Waals surface area contributed by atoms with Gasteiger partial charge in [-0.2, -0.15) is 8.78 Å². The van der Waals surface area contributed by atoms with Crippen LogP contribution >= 0.6 is 0 Å². The molecule has 1 heterocycles. The van der Waals surface area contributed by atoms with Gasteiger partial charge in [0.05, 0.1) is 11.0 Å². The first kappa shape index (κ1) is 20.0. The highest BCUT2D eigenvalue weighted by Gasteiger charge is 2.43. The van der Waals surface area contributed by atoms with Gasteiger partial charge in [-0.3, -0.25) is 9.78 Å². The second-order valence-electron chi connectivity index (χ2n) is 6.25. The number of alkyl halides is 2. The first-order chi connectivity index (χ1) is 12.0. The molecule has 2 rings (SSSR count). The number of benzene rings is 1. The fourth-order valence-electron chi connectivity index (χ4n) is 2.27. The van der Waals surface area contributed by atoms with Crippen molar-refractivity contribution in [2.45, 2.75) is 37.7 Å². The highest BCUT2D eigenvalue weighted by Crippen LogP contribution is 2.30. The number of halogens is 2. The molecule has 140 valence electrons. The highest BCUT2D eigenvalue weighted by molar-refractivity contribution is 7.91. The van der Waals surface area contributed by atoms with E-state index in [1.807, 2.05) is 0 Å². The Morgan fingerprint density at radius 3 is 2.54 bits per heavy atom. The zero-order valence-electron chi connectivity index (χ0n) is 14.7. The number of aryl methyl sites for hydroxylation is 1. The van der Waals surface area contributed by atoms with Gasteiger partial charge in [0, 0.05) is 11.9 Å². The van der Waals surface area contributed by atoms with Gasteiger partial charge in [-0.15, -0.1) is 0 Å². The number of anilines is 1. The maximum Gasteiger partial charge on any atom is 0.366 e. The van der Waals surface area contributed by atoms with E-state index in [1.54, 1.807) is 19.9 Å². The third kappa shape index (κ3) is 4.43. The van der Waals surface area contributed by atoms with Crippen LogP contribution in [0.2, 0.25) is 0 Å². The molecule has 0 aliphatic rings. The molecule has 0 saturated carbocycles. The largest absolute Gasteiger partial charge is 0.366 e. The van der Waals surface area contributed by atoms with Gasteiger partial charge in [0.25, 0.3) is 0 Å². The topological polar surface area (TPSA) is 76.1 Å². The number of rotatable bonds is 6. The SMILES string of the molecule is Cc1cccnc1C(F)(F)C(=O)Nc1cccc(CS(=O)(=O)C(C)C)c1. The Hall–Kier alpha value is -2.35. The van der Waals surface area contributed by atoms with E-state index in [9.17, 15) is 22.0 Å². The van der Waals surface area contributed by atoms with Gasteiger partial charge >= 0.3 is 11.8 Å². The van der Waals surface area contributed by atoms with E-state index in [2.05, 4.69) is 10.3 Å². The van der Waals surface area contributed by atoms with Gasteiger partial charge in [-0.05, 0) is 50.1 Å². The second-order valence-corrected chi connectivity index (χ2v) is 8.81. The molecule has 0 bridgehead atoms. The summed E-state index contributed by atoms with van der Waals surface area (Å²) in [6, 6.07) is 8.82. The molecule has 26 heavy (non-hydrogen) atoms. The van der Waals surface area contributed by atoms with Crippen molar-refractivity contribution in [2.75, 3.05) is 5.32 Å². The quantitative estimate of drug-likeness (QED) is 0.830. The smallest absolute Gasteiger partial charge is 0.320 e. The summed E-state index contributed by atoms with van der Waals surface area (Å²) in [5.74, 6) is -5.57. The minimum Gasteiger partial charge on any atom is -0.320 e. The van der Waals surface area contributed by atoms with Crippen LogP contribution in [0.25, 0.3) is 0 Å². The van der Waals surface area contributed by atoms with E-state index in [4.69, 9.17) is 0 Å². The van der Waals surface area contributed by atoms with Crippen LogP contribution in [-0.2, 0) is 26.3 Å². The minimum absolute atomic E-state index is 0.0970. The normalized spacial score (nSPS) is 12.2. The number of hydrogen-bond acceptors (Lipinski definition) is 4. The lowest BCUT2D eigenvalue weighted by Crippen LogP contribution is -2.33. The van der Waals surface area contributed by atoms with Crippen molar-refractivity contribution in [1.29, 1.82) is 0 Å². The minimum atomic E-state index is -3.81. The number of carbonyl (C=O) groups is 1. The molecule has 0 saturated heterocycles. The lowest BCUT2D eigenvalue weighted by molar-refractivity contribution is -0.141. The number of nitrogens with one attached hydrogen (secondary N) is 1. The van der Waals surface area contributed by atoms with E-state index in [0.29, 0.717) is 5.56 Å². The van der Waals surface area contributed by atoms with Gasteiger partial charge in [0.1, 0.15) is 5.69 Å². The summed E-state index contributed by atoms with van der Waals surface area (Å²) in [5, 5.41) is 1.58. The molecule has 0 aliphatic carbocycles. The number of carbonyl (C=O) groups excluding carboxylic acids is 1. The van der Waals surface area contributed by atoms with Crippen LogP contribution in [-0.4, -0.2) is 24.6 Å². The van der Waals surface area contributed by atoms with Crippen molar-refractivity contribution >= 4 is 21.4 Å². The first-order valence-electron chi connectivity index (χ1n) is 7.96. The van der Waals surface area contributed by atoms with Crippen molar-refractivity contribution < 1.29 is 22.0 Å². The number of amides is 1. The van der Waals surface area contributed by atoms with Gasteiger partial charge in [-0.25, -0.2) is 8.42 Å². The summed E-state index contributed by atoms with van der Waals surface area (Å²) >= 11 is 0. The van der Waals surface area contributed by atoms with Crippen molar-refractivity contribution in [2.24, 2.45) is 0 Å². The number of sulfone groups is 1. The Labute approximate surface area is 151 Å². The van der Waals surface area contributed by atoms with Gasteiger partial charge in [0.15, 0.2) is 9.84 Å². The lowest BCUT2D eigenvalue weighted by Gasteiger charge is -2.17. The Balaban J connectivity index is 2.22. The van der Waals surface area contributed by atoms with Gasteiger partial charge in [0.2, 0.25) is 0 Å². The van der Waals surface area contributed by atoms with Crippen LogP contribution in [0.15, 0.2) is 42.6 Å².